The SMILES string of the molecule is CCc1cc2onc(C)c2nc1C. The number of hydrogen-bond acceptors (Lipinski definition) is 3. The van der Waals surface area contributed by atoms with Crippen LogP contribution in [0.4, 0.5) is 0 Å². The van der Waals surface area contributed by atoms with Gasteiger partial charge in [0.15, 0.2) is 5.58 Å². The smallest absolute Gasteiger partial charge is 0.185 e. The van der Waals surface area contributed by atoms with Crippen molar-refractivity contribution >= 4 is 11.1 Å². The Morgan fingerprint density at radius 2 is 2.08 bits per heavy atom. The normalized spacial score (nSPS) is 11.0. The Morgan fingerprint density at radius 3 is 2.77 bits per heavy atom. The molecule has 68 valence electrons. The predicted molar refractivity (Wildman–Crippen MR) is 50.7 cm³/mol. The van der Waals surface area contributed by atoms with E-state index in [1.54, 1.807) is 0 Å². The lowest BCUT2D eigenvalue weighted by molar-refractivity contribution is 0.450. The molecule has 0 saturated carbocycles. The highest BCUT2D eigenvalue weighted by Crippen LogP contribution is 2.19. The van der Waals surface area contributed by atoms with E-state index in [-0.39, 0.29) is 0 Å². The standard InChI is InChI=1S/C10H12N2O/c1-4-8-5-9-10(11-6(8)2)7(3)12-13-9/h5H,4H2,1-3H3. The van der Waals surface area contributed by atoms with Gasteiger partial charge in [0.05, 0.1) is 0 Å². The molecule has 0 aliphatic rings. The average molecular weight is 176 g/mol. The van der Waals surface area contributed by atoms with Crippen molar-refractivity contribution in [2.24, 2.45) is 0 Å². The minimum atomic E-state index is 0.792. The van der Waals surface area contributed by atoms with Gasteiger partial charge in [-0.05, 0) is 31.9 Å². The molecule has 0 bridgehead atoms. The number of aryl methyl sites for hydroxylation is 3. The lowest BCUT2D eigenvalue weighted by Crippen LogP contribution is -1.90. The molecule has 0 fully saturated rings. The Hall–Kier alpha value is -1.38. The number of pyridine rings is 1. The third-order valence-corrected chi connectivity index (χ3v) is 2.29. The molecular formula is C10H12N2O. The number of fused-ring (bicyclic) bond motifs is 1. The predicted octanol–water partition coefficient (Wildman–Crippen LogP) is 2.40. The van der Waals surface area contributed by atoms with Crippen LogP contribution < -0.4 is 0 Å². The molecule has 13 heavy (non-hydrogen) atoms. The Bertz CT molecular complexity index is 445. The van der Waals surface area contributed by atoms with Crippen LogP contribution in [0.15, 0.2) is 10.6 Å². The fraction of sp³-hybridized carbons (Fsp3) is 0.400. The van der Waals surface area contributed by atoms with Crippen LogP contribution in [0.3, 0.4) is 0 Å². The second-order valence-electron chi connectivity index (χ2n) is 3.20. The summed E-state index contributed by atoms with van der Waals surface area (Å²) in [5.74, 6) is 0. The molecule has 0 amide bonds. The zero-order valence-corrected chi connectivity index (χ0v) is 8.09. The Labute approximate surface area is 76.8 Å². The van der Waals surface area contributed by atoms with Crippen LogP contribution in [0.1, 0.15) is 23.9 Å². The maximum absolute atomic E-state index is 5.13. The van der Waals surface area contributed by atoms with Crippen LogP contribution in [0.25, 0.3) is 11.1 Å². The summed E-state index contributed by atoms with van der Waals surface area (Å²) in [6, 6.07) is 2.03. The molecule has 0 N–H and O–H groups in total. The fourth-order valence-electron chi connectivity index (χ4n) is 1.47. The molecule has 0 atom stereocenters. The van der Waals surface area contributed by atoms with Crippen LogP contribution in [0.5, 0.6) is 0 Å². The Balaban J connectivity index is 2.76. The highest BCUT2D eigenvalue weighted by molar-refractivity contribution is 5.75. The summed E-state index contributed by atoms with van der Waals surface area (Å²) in [5.41, 5.74) is 4.83. The molecule has 3 heteroatoms. The summed E-state index contributed by atoms with van der Waals surface area (Å²) in [4.78, 5) is 4.45. The first kappa shape index (κ1) is 8.23. The van der Waals surface area contributed by atoms with Crippen LogP contribution in [0.2, 0.25) is 0 Å². The highest BCUT2D eigenvalue weighted by atomic mass is 16.5. The van der Waals surface area contributed by atoms with Crippen molar-refractivity contribution < 1.29 is 4.52 Å². The van der Waals surface area contributed by atoms with Gasteiger partial charge in [-0.15, -0.1) is 0 Å². The molecule has 0 saturated heterocycles. The number of rotatable bonds is 1. The average Bonchev–Trinajstić information content (AvgIpc) is 2.47. The first-order valence-corrected chi connectivity index (χ1v) is 4.45. The molecule has 0 radical (unpaired) electrons. The lowest BCUT2D eigenvalue weighted by Gasteiger charge is -1.99. The zero-order chi connectivity index (χ0) is 9.42. The van der Waals surface area contributed by atoms with Crippen molar-refractivity contribution in [1.29, 1.82) is 0 Å². The fourth-order valence-corrected chi connectivity index (χ4v) is 1.47. The highest BCUT2D eigenvalue weighted by Gasteiger charge is 2.08. The topological polar surface area (TPSA) is 38.9 Å². The van der Waals surface area contributed by atoms with Gasteiger partial charge in [0.25, 0.3) is 0 Å². The van der Waals surface area contributed by atoms with E-state index in [4.69, 9.17) is 4.52 Å². The molecule has 0 aliphatic carbocycles. The summed E-state index contributed by atoms with van der Waals surface area (Å²) in [6.07, 6.45) is 0.981. The Morgan fingerprint density at radius 1 is 1.31 bits per heavy atom. The van der Waals surface area contributed by atoms with E-state index in [0.717, 1.165) is 28.9 Å². The molecule has 0 aliphatic heterocycles. The van der Waals surface area contributed by atoms with Crippen molar-refractivity contribution in [1.82, 2.24) is 10.1 Å². The van der Waals surface area contributed by atoms with Crippen LogP contribution in [0, 0.1) is 13.8 Å². The quantitative estimate of drug-likeness (QED) is 0.669. The van der Waals surface area contributed by atoms with Gasteiger partial charge in [-0.25, -0.2) is 4.98 Å². The third kappa shape index (κ3) is 1.20. The molecule has 0 spiro atoms. The van der Waals surface area contributed by atoms with Gasteiger partial charge in [-0.1, -0.05) is 12.1 Å². The van der Waals surface area contributed by atoms with E-state index in [1.165, 1.54) is 5.56 Å². The zero-order valence-electron chi connectivity index (χ0n) is 8.09. The number of nitrogens with zero attached hydrogens (tertiary/aromatic N) is 2. The van der Waals surface area contributed by atoms with Crippen LogP contribution >= 0.6 is 0 Å². The molecule has 2 rings (SSSR count). The van der Waals surface area contributed by atoms with Gasteiger partial charge in [-0.2, -0.15) is 0 Å². The summed E-state index contributed by atoms with van der Waals surface area (Å²) in [6.45, 7) is 6.04. The first-order valence-electron chi connectivity index (χ1n) is 4.45. The van der Waals surface area contributed by atoms with Gasteiger partial charge in [-0.3, -0.25) is 0 Å². The first-order chi connectivity index (χ1) is 6.22. The maximum atomic E-state index is 5.13. The number of aromatic nitrogens is 2. The lowest BCUT2D eigenvalue weighted by atomic mass is 10.1. The van der Waals surface area contributed by atoms with E-state index in [2.05, 4.69) is 17.1 Å². The van der Waals surface area contributed by atoms with Gasteiger partial charge in [0.1, 0.15) is 11.2 Å². The van der Waals surface area contributed by atoms with Crippen molar-refractivity contribution in [2.45, 2.75) is 27.2 Å². The van der Waals surface area contributed by atoms with Crippen molar-refractivity contribution in [3.05, 3.63) is 23.0 Å². The largest absolute Gasteiger partial charge is 0.354 e. The van der Waals surface area contributed by atoms with E-state index in [1.807, 2.05) is 19.9 Å². The Kier molecular flexibility index (Phi) is 1.79. The van der Waals surface area contributed by atoms with Crippen molar-refractivity contribution in [3.8, 4) is 0 Å². The van der Waals surface area contributed by atoms with Crippen molar-refractivity contribution in [2.75, 3.05) is 0 Å². The second kappa shape index (κ2) is 2.83. The molecule has 0 aromatic carbocycles. The van der Waals surface area contributed by atoms with Gasteiger partial charge in [0, 0.05) is 5.69 Å². The number of hydrogen-bond donors (Lipinski definition) is 0. The second-order valence-corrected chi connectivity index (χ2v) is 3.20. The van der Waals surface area contributed by atoms with E-state index in [9.17, 15) is 0 Å². The summed E-state index contributed by atoms with van der Waals surface area (Å²) in [7, 11) is 0. The van der Waals surface area contributed by atoms with E-state index < -0.39 is 0 Å². The van der Waals surface area contributed by atoms with Crippen molar-refractivity contribution in [3.63, 3.8) is 0 Å². The molecular weight excluding hydrogens is 164 g/mol. The molecule has 2 heterocycles. The summed E-state index contributed by atoms with van der Waals surface area (Å²) >= 11 is 0. The van der Waals surface area contributed by atoms with Gasteiger partial charge < -0.3 is 4.52 Å². The summed E-state index contributed by atoms with van der Waals surface area (Å²) < 4.78 is 5.13. The molecule has 2 aromatic heterocycles. The van der Waals surface area contributed by atoms with Gasteiger partial charge in [0.2, 0.25) is 0 Å². The van der Waals surface area contributed by atoms with E-state index in [0.29, 0.717) is 0 Å². The third-order valence-electron chi connectivity index (χ3n) is 2.29. The minimum absolute atomic E-state index is 0.792. The monoisotopic (exact) mass is 176 g/mol. The minimum Gasteiger partial charge on any atom is -0.354 e. The van der Waals surface area contributed by atoms with Crippen LogP contribution in [-0.2, 0) is 6.42 Å². The van der Waals surface area contributed by atoms with Gasteiger partial charge >= 0.3 is 0 Å². The van der Waals surface area contributed by atoms with Crippen LogP contribution in [-0.4, -0.2) is 10.1 Å². The summed E-state index contributed by atoms with van der Waals surface area (Å²) in [5, 5.41) is 3.87. The van der Waals surface area contributed by atoms with E-state index >= 15 is 0 Å². The molecule has 3 nitrogen and oxygen atoms in total. The molecule has 0 unspecified atom stereocenters. The maximum Gasteiger partial charge on any atom is 0.185 e. The molecule has 2 aromatic rings.